The van der Waals surface area contributed by atoms with Crippen LogP contribution < -0.4 is 5.32 Å². The Hall–Kier alpha value is -1.34. The van der Waals surface area contributed by atoms with Crippen LogP contribution in [0.4, 0.5) is 0 Å². The molecule has 0 saturated heterocycles. The topological polar surface area (TPSA) is 12.0 Å². The fraction of sp³-hybridized carbons (Fsp3) is 0.412. The Labute approximate surface area is 110 Å². The van der Waals surface area contributed by atoms with E-state index in [1.54, 1.807) is 0 Å². The van der Waals surface area contributed by atoms with E-state index in [4.69, 9.17) is 0 Å². The summed E-state index contributed by atoms with van der Waals surface area (Å²) in [5.74, 6) is 1.23. The molecule has 0 bridgehead atoms. The summed E-state index contributed by atoms with van der Waals surface area (Å²) in [5.41, 5.74) is 1.47. The van der Waals surface area contributed by atoms with Crippen molar-refractivity contribution in [2.45, 2.75) is 26.7 Å². The standard InChI is InChI=1S/C17H23N/c1-4-18-12-13(2)14(3)16-11-7-9-15-8-5-6-10-17(15)16/h5-11,13-14,18H,4,12H2,1-3H3. The van der Waals surface area contributed by atoms with E-state index in [-0.39, 0.29) is 0 Å². The third-order valence-corrected chi connectivity index (χ3v) is 3.88. The first-order valence-electron chi connectivity index (χ1n) is 6.92. The first kappa shape index (κ1) is 13.1. The Morgan fingerprint density at radius 3 is 2.50 bits per heavy atom. The summed E-state index contributed by atoms with van der Waals surface area (Å²) in [6.07, 6.45) is 0. The molecule has 0 heterocycles. The second-order valence-electron chi connectivity index (χ2n) is 5.14. The molecule has 2 atom stereocenters. The van der Waals surface area contributed by atoms with Gasteiger partial charge in [-0.15, -0.1) is 0 Å². The van der Waals surface area contributed by atoms with Crippen molar-refractivity contribution in [2.75, 3.05) is 13.1 Å². The normalized spacial score (nSPS) is 14.6. The zero-order chi connectivity index (χ0) is 13.0. The molecule has 0 aliphatic carbocycles. The Kier molecular flexibility index (Phi) is 4.38. The van der Waals surface area contributed by atoms with Gasteiger partial charge in [0.05, 0.1) is 0 Å². The monoisotopic (exact) mass is 241 g/mol. The summed E-state index contributed by atoms with van der Waals surface area (Å²) < 4.78 is 0. The summed E-state index contributed by atoms with van der Waals surface area (Å²) in [6.45, 7) is 8.96. The van der Waals surface area contributed by atoms with Crippen molar-refractivity contribution >= 4 is 10.8 Å². The van der Waals surface area contributed by atoms with Crippen molar-refractivity contribution in [3.8, 4) is 0 Å². The van der Waals surface area contributed by atoms with Crippen molar-refractivity contribution in [2.24, 2.45) is 5.92 Å². The molecule has 2 aromatic rings. The van der Waals surface area contributed by atoms with Gasteiger partial charge in [-0.2, -0.15) is 0 Å². The van der Waals surface area contributed by atoms with Crippen molar-refractivity contribution < 1.29 is 0 Å². The fourth-order valence-electron chi connectivity index (χ4n) is 2.50. The number of fused-ring (bicyclic) bond motifs is 1. The van der Waals surface area contributed by atoms with Gasteiger partial charge in [-0.1, -0.05) is 63.2 Å². The highest BCUT2D eigenvalue weighted by atomic mass is 14.8. The van der Waals surface area contributed by atoms with Gasteiger partial charge in [0, 0.05) is 0 Å². The summed E-state index contributed by atoms with van der Waals surface area (Å²) in [6, 6.07) is 15.3. The molecule has 0 spiro atoms. The minimum atomic E-state index is 0.579. The molecule has 1 nitrogen and oxygen atoms in total. The highest BCUT2D eigenvalue weighted by Gasteiger charge is 2.15. The Bertz CT molecular complexity index is 498. The lowest BCUT2D eigenvalue weighted by molar-refractivity contribution is 0.456. The third kappa shape index (κ3) is 2.73. The van der Waals surface area contributed by atoms with Gasteiger partial charge in [-0.25, -0.2) is 0 Å². The van der Waals surface area contributed by atoms with Crippen LogP contribution in [0.3, 0.4) is 0 Å². The second-order valence-corrected chi connectivity index (χ2v) is 5.14. The molecule has 0 amide bonds. The van der Waals surface area contributed by atoms with Gasteiger partial charge >= 0.3 is 0 Å². The van der Waals surface area contributed by atoms with E-state index >= 15 is 0 Å². The lowest BCUT2D eigenvalue weighted by Gasteiger charge is -2.22. The molecule has 2 unspecified atom stereocenters. The smallest absolute Gasteiger partial charge is 0.00175 e. The molecule has 0 saturated carbocycles. The number of benzene rings is 2. The summed E-state index contributed by atoms with van der Waals surface area (Å²) in [7, 11) is 0. The van der Waals surface area contributed by atoms with E-state index in [0.717, 1.165) is 13.1 Å². The SMILES string of the molecule is CCNCC(C)C(C)c1cccc2ccccc12. The van der Waals surface area contributed by atoms with Gasteiger partial charge in [0.25, 0.3) is 0 Å². The molecule has 1 heteroatoms. The maximum absolute atomic E-state index is 3.45. The highest BCUT2D eigenvalue weighted by molar-refractivity contribution is 5.86. The maximum Gasteiger partial charge on any atom is -0.00175 e. The van der Waals surface area contributed by atoms with Crippen molar-refractivity contribution in [3.63, 3.8) is 0 Å². The van der Waals surface area contributed by atoms with Gasteiger partial charge < -0.3 is 5.32 Å². The second kappa shape index (κ2) is 6.01. The van der Waals surface area contributed by atoms with E-state index in [9.17, 15) is 0 Å². The number of rotatable bonds is 5. The van der Waals surface area contributed by atoms with Gasteiger partial charge in [-0.05, 0) is 41.3 Å². The maximum atomic E-state index is 3.45. The summed E-state index contributed by atoms with van der Waals surface area (Å²) in [5, 5.41) is 6.19. The van der Waals surface area contributed by atoms with Crippen molar-refractivity contribution in [1.82, 2.24) is 5.32 Å². The molecule has 0 radical (unpaired) electrons. The predicted molar refractivity (Wildman–Crippen MR) is 80.1 cm³/mol. The molecular weight excluding hydrogens is 218 g/mol. The minimum absolute atomic E-state index is 0.579. The number of hydrogen-bond donors (Lipinski definition) is 1. The molecule has 96 valence electrons. The first-order chi connectivity index (χ1) is 8.74. The van der Waals surface area contributed by atoms with E-state index in [1.807, 2.05) is 0 Å². The fourth-order valence-corrected chi connectivity index (χ4v) is 2.50. The molecule has 18 heavy (non-hydrogen) atoms. The Morgan fingerprint density at radius 2 is 1.72 bits per heavy atom. The highest BCUT2D eigenvalue weighted by Crippen LogP contribution is 2.30. The van der Waals surface area contributed by atoms with Gasteiger partial charge in [0.15, 0.2) is 0 Å². The Morgan fingerprint density at radius 1 is 1.00 bits per heavy atom. The largest absolute Gasteiger partial charge is 0.317 e. The zero-order valence-electron chi connectivity index (χ0n) is 11.6. The van der Waals surface area contributed by atoms with Gasteiger partial charge in [-0.3, -0.25) is 0 Å². The van der Waals surface area contributed by atoms with E-state index in [1.165, 1.54) is 16.3 Å². The van der Waals surface area contributed by atoms with Crippen LogP contribution in [0.2, 0.25) is 0 Å². The quantitative estimate of drug-likeness (QED) is 0.827. The molecule has 2 aromatic carbocycles. The van der Waals surface area contributed by atoms with Crippen molar-refractivity contribution in [1.29, 1.82) is 0 Å². The minimum Gasteiger partial charge on any atom is -0.317 e. The molecular formula is C17H23N. The van der Waals surface area contributed by atoms with E-state index < -0.39 is 0 Å². The Balaban J connectivity index is 2.29. The predicted octanol–water partition coefficient (Wildman–Crippen LogP) is 4.19. The number of nitrogens with one attached hydrogen (secondary N) is 1. The molecule has 0 aromatic heterocycles. The molecule has 0 fully saturated rings. The summed E-state index contributed by atoms with van der Waals surface area (Å²) in [4.78, 5) is 0. The first-order valence-corrected chi connectivity index (χ1v) is 6.92. The van der Waals surface area contributed by atoms with Crippen LogP contribution in [0.1, 0.15) is 32.3 Å². The number of hydrogen-bond acceptors (Lipinski definition) is 1. The van der Waals surface area contributed by atoms with E-state index in [0.29, 0.717) is 11.8 Å². The van der Waals surface area contributed by atoms with Crippen LogP contribution in [0, 0.1) is 5.92 Å². The van der Waals surface area contributed by atoms with Crippen LogP contribution >= 0.6 is 0 Å². The molecule has 2 rings (SSSR count). The molecule has 0 aliphatic heterocycles. The van der Waals surface area contributed by atoms with Gasteiger partial charge in [0.2, 0.25) is 0 Å². The zero-order valence-corrected chi connectivity index (χ0v) is 11.6. The van der Waals surface area contributed by atoms with Crippen molar-refractivity contribution in [3.05, 3.63) is 48.0 Å². The lowest BCUT2D eigenvalue weighted by Crippen LogP contribution is -2.24. The van der Waals surface area contributed by atoms with Crippen LogP contribution in [-0.2, 0) is 0 Å². The van der Waals surface area contributed by atoms with Crippen LogP contribution in [0.15, 0.2) is 42.5 Å². The lowest BCUT2D eigenvalue weighted by atomic mass is 9.86. The molecule has 1 N–H and O–H groups in total. The average Bonchev–Trinajstić information content (AvgIpc) is 2.43. The van der Waals surface area contributed by atoms with Gasteiger partial charge in [0.1, 0.15) is 0 Å². The third-order valence-electron chi connectivity index (χ3n) is 3.88. The summed E-state index contributed by atoms with van der Waals surface area (Å²) >= 11 is 0. The molecule has 0 aliphatic rings. The van der Waals surface area contributed by atoms with E-state index in [2.05, 4.69) is 68.6 Å². The van der Waals surface area contributed by atoms with Crippen LogP contribution in [0.5, 0.6) is 0 Å². The average molecular weight is 241 g/mol. The van der Waals surface area contributed by atoms with Crippen LogP contribution in [-0.4, -0.2) is 13.1 Å². The van der Waals surface area contributed by atoms with Crippen LogP contribution in [0.25, 0.3) is 10.8 Å².